The Labute approximate surface area is 113 Å². The zero-order valence-corrected chi connectivity index (χ0v) is 11.5. The number of anilines is 1. The maximum atomic E-state index is 13.1. The van der Waals surface area contributed by atoms with E-state index in [2.05, 4.69) is 5.32 Å². The van der Waals surface area contributed by atoms with Gasteiger partial charge in [0.05, 0.1) is 0 Å². The van der Waals surface area contributed by atoms with Gasteiger partial charge in [-0.05, 0) is 54.8 Å². The van der Waals surface area contributed by atoms with E-state index in [1.54, 1.807) is 6.07 Å². The van der Waals surface area contributed by atoms with Crippen LogP contribution in [0.25, 0.3) is 0 Å². The predicted molar refractivity (Wildman–Crippen MR) is 76.2 cm³/mol. The molecule has 1 N–H and O–H groups in total. The lowest BCUT2D eigenvalue weighted by Gasteiger charge is -2.13. The van der Waals surface area contributed by atoms with Crippen molar-refractivity contribution in [2.24, 2.45) is 0 Å². The highest BCUT2D eigenvalue weighted by Crippen LogP contribution is 2.26. The number of hydrogen-bond acceptors (Lipinski definition) is 2. The molecule has 0 saturated heterocycles. The van der Waals surface area contributed by atoms with Gasteiger partial charge in [-0.15, -0.1) is 0 Å². The first-order valence-corrected chi connectivity index (χ1v) is 6.26. The lowest BCUT2D eigenvalue weighted by atomic mass is 10.1. The van der Waals surface area contributed by atoms with E-state index in [4.69, 9.17) is 4.74 Å². The molecule has 2 aromatic carbocycles. The number of hydrogen-bond donors (Lipinski definition) is 1. The molecule has 0 unspecified atom stereocenters. The summed E-state index contributed by atoms with van der Waals surface area (Å²) in [7, 11) is 1.91. The summed E-state index contributed by atoms with van der Waals surface area (Å²) >= 11 is 0. The highest BCUT2D eigenvalue weighted by molar-refractivity contribution is 5.59. The van der Waals surface area contributed by atoms with Crippen LogP contribution < -0.4 is 10.1 Å². The monoisotopic (exact) mass is 259 g/mol. The first-order chi connectivity index (χ1) is 9.10. The summed E-state index contributed by atoms with van der Waals surface area (Å²) in [6, 6.07) is 10.4. The summed E-state index contributed by atoms with van der Waals surface area (Å²) in [5, 5.41) is 3.17. The molecule has 0 bridgehead atoms. The molecular weight excluding hydrogens is 241 g/mol. The zero-order chi connectivity index (χ0) is 13.8. The minimum absolute atomic E-state index is 0.237. The number of halogens is 1. The average Bonchev–Trinajstić information content (AvgIpc) is 2.36. The molecule has 0 fully saturated rings. The van der Waals surface area contributed by atoms with Crippen LogP contribution in [0.4, 0.5) is 10.1 Å². The van der Waals surface area contributed by atoms with Crippen molar-refractivity contribution in [2.45, 2.75) is 20.5 Å². The summed E-state index contributed by atoms with van der Waals surface area (Å²) in [5.74, 6) is 0.567. The summed E-state index contributed by atoms with van der Waals surface area (Å²) in [4.78, 5) is 0. The Bertz CT molecular complexity index is 558. The SMILES string of the molecule is CNc1c(C)cc(OCc2cccc(F)c2)cc1C. The fourth-order valence-corrected chi connectivity index (χ4v) is 2.19. The van der Waals surface area contributed by atoms with Crippen molar-refractivity contribution in [1.29, 1.82) is 0 Å². The molecule has 19 heavy (non-hydrogen) atoms. The number of ether oxygens (including phenoxy) is 1. The van der Waals surface area contributed by atoms with Crippen LogP contribution in [-0.4, -0.2) is 7.05 Å². The third-order valence-electron chi connectivity index (χ3n) is 3.05. The van der Waals surface area contributed by atoms with Gasteiger partial charge in [-0.2, -0.15) is 0 Å². The first kappa shape index (κ1) is 13.4. The molecule has 0 aromatic heterocycles. The molecule has 2 aromatic rings. The van der Waals surface area contributed by atoms with Crippen molar-refractivity contribution < 1.29 is 9.13 Å². The number of nitrogens with one attached hydrogen (secondary N) is 1. The molecule has 0 spiro atoms. The van der Waals surface area contributed by atoms with Gasteiger partial charge in [0, 0.05) is 12.7 Å². The zero-order valence-electron chi connectivity index (χ0n) is 11.5. The second kappa shape index (κ2) is 5.74. The van der Waals surface area contributed by atoms with Gasteiger partial charge in [0.2, 0.25) is 0 Å². The van der Waals surface area contributed by atoms with E-state index in [1.807, 2.05) is 39.1 Å². The Morgan fingerprint density at radius 3 is 2.37 bits per heavy atom. The van der Waals surface area contributed by atoms with E-state index >= 15 is 0 Å². The predicted octanol–water partition coefficient (Wildman–Crippen LogP) is 4.06. The highest BCUT2D eigenvalue weighted by atomic mass is 19.1. The second-order valence-electron chi connectivity index (χ2n) is 4.60. The van der Waals surface area contributed by atoms with Gasteiger partial charge >= 0.3 is 0 Å². The van der Waals surface area contributed by atoms with Crippen LogP contribution in [-0.2, 0) is 6.61 Å². The minimum atomic E-state index is -0.237. The van der Waals surface area contributed by atoms with Crippen molar-refractivity contribution in [3.63, 3.8) is 0 Å². The van der Waals surface area contributed by atoms with Crippen molar-refractivity contribution in [2.75, 3.05) is 12.4 Å². The van der Waals surface area contributed by atoms with E-state index < -0.39 is 0 Å². The molecule has 2 rings (SSSR count). The van der Waals surface area contributed by atoms with E-state index in [9.17, 15) is 4.39 Å². The number of aryl methyl sites for hydroxylation is 2. The van der Waals surface area contributed by atoms with Crippen LogP contribution in [0, 0.1) is 19.7 Å². The van der Waals surface area contributed by atoms with Gasteiger partial charge in [0.25, 0.3) is 0 Å². The molecule has 0 heterocycles. The van der Waals surface area contributed by atoms with Crippen LogP contribution >= 0.6 is 0 Å². The Morgan fingerprint density at radius 2 is 1.79 bits per heavy atom. The van der Waals surface area contributed by atoms with Gasteiger partial charge in [0.15, 0.2) is 0 Å². The van der Waals surface area contributed by atoms with Crippen LogP contribution in [0.15, 0.2) is 36.4 Å². The molecular formula is C16H18FNO. The van der Waals surface area contributed by atoms with Gasteiger partial charge in [-0.3, -0.25) is 0 Å². The molecule has 2 nitrogen and oxygen atoms in total. The Balaban J connectivity index is 2.12. The maximum Gasteiger partial charge on any atom is 0.123 e. The van der Waals surface area contributed by atoms with Gasteiger partial charge < -0.3 is 10.1 Å². The fraction of sp³-hybridized carbons (Fsp3) is 0.250. The minimum Gasteiger partial charge on any atom is -0.489 e. The molecule has 0 aliphatic heterocycles. The van der Waals surface area contributed by atoms with E-state index in [-0.39, 0.29) is 5.82 Å². The molecule has 0 radical (unpaired) electrons. The average molecular weight is 259 g/mol. The molecule has 0 aliphatic rings. The third-order valence-corrected chi connectivity index (χ3v) is 3.05. The van der Waals surface area contributed by atoms with Crippen molar-refractivity contribution >= 4 is 5.69 Å². The van der Waals surface area contributed by atoms with E-state index in [0.717, 1.165) is 28.1 Å². The Hall–Kier alpha value is -2.03. The Kier molecular flexibility index (Phi) is 4.05. The number of benzene rings is 2. The maximum absolute atomic E-state index is 13.1. The van der Waals surface area contributed by atoms with Crippen LogP contribution in [0.5, 0.6) is 5.75 Å². The summed E-state index contributed by atoms with van der Waals surface area (Å²) in [5.41, 5.74) is 4.22. The lowest BCUT2D eigenvalue weighted by molar-refractivity contribution is 0.305. The summed E-state index contributed by atoms with van der Waals surface area (Å²) in [6.45, 7) is 4.44. The molecule has 0 atom stereocenters. The number of rotatable bonds is 4. The smallest absolute Gasteiger partial charge is 0.123 e. The van der Waals surface area contributed by atoms with Gasteiger partial charge in [0.1, 0.15) is 18.2 Å². The second-order valence-corrected chi connectivity index (χ2v) is 4.60. The lowest BCUT2D eigenvalue weighted by Crippen LogP contribution is -1.99. The fourth-order valence-electron chi connectivity index (χ4n) is 2.19. The van der Waals surface area contributed by atoms with Crippen LogP contribution in [0.3, 0.4) is 0 Å². The molecule has 0 saturated carbocycles. The Morgan fingerprint density at radius 1 is 1.11 bits per heavy atom. The highest BCUT2D eigenvalue weighted by Gasteiger charge is 2.05. The summed E-state index contributed by atoms with van der Waals surface area (Å²) in [6.07, 6.45) is 0. The standard InChI is InChI=1S/C16H18FNO/c1-11-7-15(8-12(2)16(11)18-3)19-10-13-5-4-6-14(17)9-13/h4-9,18H,10H2,1-3H3. The largest absolute Gasteiger partial charge is 0.489 e. The molecule has 3 heteroatoms. The first-order valence-electron chi connectivity index (χ1n) is 6.26. The molecule has 100 valence electrons. The topological polar surface area (TPSA) is 21.3 Å². The quantitative estimate of drug-likeness (QED) is 0.894. The van der Waals surface area contributed by atoms with Crippen molar-refractivity contribution in [3.05, 3.63) is 58.9 Å². The normalized spacial score (nSPS) is 10.3. The van der Waals surface area contributed by atoms with Gasteiger partial charge in [-0.25, -0.2) is 4.39 Å². The molecule has 0 amide bonds. The molecule has 0 aliphatic carbocycles. The van der Waals surface area contributed by atoms with Crippen molar-refractivity contribution in [3.8, 4) is 5.75 Å². The van der Waals surface area contributed by atoms with E-state index in [1.165, 1.54) is 12.1 Å². The summed E-state index contributed by atoms with van der Waals surface area (Å²) < 4.78 is 18.8. The van der Waals surface area contributed by atoms with Crippen LogP contribution in [0.1, 0.15) is 16.7 Å². The third kappa shape index (κ3) is 3.25. The van der Waals surface area contributed by atoms with E-state index in [0.29, 0.717) is 6.61 Å². The van der Waals surface area contributed by atoms with Crippen LogP contribution in [0.2, 0.25) is 0 Å². The van der Waals surface area contributed by atoms with Gasteiger partial charge in [-0.1, -0.05) is 12.1 Å². The van der Waals surface area contributed by atoms with Crippen molar-refractivity contribution in [1.82, 2.24) is 0 Å².